The molecule has 1 unspecified atom stereocenters. The van der Waals surface area contributed by atoms with E-state index in [1.807, 2.05) is 18.2 Å². The fraction of sp³-hybridized carbons (Fsp3) is 0.231. The van der Waals surface area contributed by atoms with E-state index in [0.29, 0.717) is 22.4 Å². The number of carbonyl (C=O) groups is 1. The van der Waals surface area contributed by atoms with E-state index >= 15 is 0 Å². The van der Waals surface area contributed by atoms with Crippen molar-refractivity contribution in [2.24, 2.45) is 7.05 Å². The summed E-state index contributed by atoms with van der Waals surface area (Å²) in [6, 6.07) is 9.99. The fourth-order valence-electron chi connectivity index (χ4n) is 5.10. The molecule has 0 saturated heterocycles. The van der Waals surface area contributed by atoms with Crippen molar-refractivity contribution in [1.29, 1.82) is 0 Å². The van der Waals surface area contributed by atoms with Gasteiger partial charge in [0, 0.05) is 46.9 Å². The molecule has 1 aliphatic heterocycles. The first-order valence-electron chi connectivity index (χ1n) is 11.8. The molecular weight excluding hydrogens is 503 g/mol. The van der Waals surface area contributed by atoms with Gasteiger partial charge in [0.05, 0.1) is 24.5 Å². The van der Waals surface area contributed by atoms with Gasteiger partial charge in [0.25, 0.3) is 0 Å². The number of aliphatic carboxylic acids is 1. The second kappa shape index (κ2) is 8.84. The Morgan fingerprint density at radius 3 is 2.76 bits per heavy atom. The molecule has 4 aromatic rings. The number of rotatable bonds is 6. The molecule has 0 saturated carbocycles. The number of fused-ring (bicyclic) bond motifs is 3. The van der Waals surface area contributed by atoms with Crippen LogP contribution in [0.2, 0.25) is 0 Å². The van der Waals surface area contributed by atoms with Crippen molar-refractivity contribution >= 4 is 28.3 Å². The molecule has 0 amide bonds. The van der Waals surface area contributed by atoms with E-state index < -0.39 is 12.3 Å². The van der Waals surface area contributed by atoms with Gasteiger partial charge in [0.15, 0.2) is 5.76 Å². The molecule has 2 aromatic carbocycles. The largest absolute Gasteiger partial charge is 0.573 e. The van der Waals surface area contributed by atoms with Crippen LogP contribution in [0.15, 0.2) is 55.0 Å². The number of nitrogens with one attached hydrogen (secondary N) is 2. The first-order chi connectivity index (χ1) is 18.1. The van der Waals surface area contributed by atoms with Gasteiger partial charge in [-0.3, -0.25) is 9.48 Å². The lowest BCUT2D eigenvalue weighted by molar-refractivity contribution is -0.274. The van der Waals surface area contributed by atoms with Gasteiger partial charge < -0.3 is 19.7 Å². The Morgan fingerprint density at radius 2 is 2.03 bits per heavy atom. The normalized spacial score (nSPS) is 17.0. The zero-order valence-corrected chi connectivity index (χ0v) is 20.0. The predicted octanol–water partition coefficient (Wildman–Crippen LogP) is 5.23. The molecular formula is C26H22F3N5O4. The Bertz CT molecular complexity index is 1590. The minimum absolute atomic E-state index is 0.0432. The molecule has 0 bridgehead atoms. The van der Waals surface area contributed by atoms with Crippen LogP contribution in [-0.2, 0) is 23.1 Å². The van der Waals surface area contributed by atoms with E-state index in [-0.39, 0.29) is 18.1 Å². The molecule has 1 aliphatic carbocycles. The number of carboxylic acid groups (broad SMARTS) is 1. The van der Waals surface area contributed by atoms with Crippen LogP contribution in [0.1, 0.15) is 35.6 Å². The third-order valence-corrected chi connectivity index (χ3v) is 6.74. The van der Waals surface area contributed by atoms with E-state index in [1.165, 1.54) is 12.1 Å². The van der Waals surface area contributed by atoms with Gasteiger partial charge in [0.1, 0.15) is 5.75 Å². The number of nitrogens with zero attached hydrogens (tertiary/aromatic N) is 3. The molecule has 2 aromatic heterocycles. The number of aromatic nitrogens is 3. The monoisotopic (exact) mass is 525 g/mol. The van der Waals surface area contributed by atoms with Crippen molar-refractivity contribution in [3.05, 3.63) is 71.8 Å². The van der Waals surface area contributed by atoms with Crippen LogP contribution in [0.25, 0.3) is 27.8 Å². The number of aryl methyl sites for hydroxylation is 2. The summed E-state index contributed by atoms with van der Waals surface area (Å²) in [4.78, 5) is 20.2. The molecule has 6 rings (SSSR count). The van der Waals surface area contributed by atoms with Crippen LogP contribution < -0.4 is 15.3 Å². The van der Waals surface area contributed by atoms with Gasteiger partial charge in [-0.2, -0.15) is 5.10 Å². The van der Waals surface area contributed by atoms with Crippen LogP contribution >= 0.6 is 0 Å². The minimum Gasteiger partial charge on any atom is -0.481 e. The van der Waals surface area contributed by atoms with Gasteiger partial charge in [0.2, 0.25) is 0 Å². The lowest BCUT2D eigenvalue weighted by Crippen LogP contribution is -2.26. The third-order valence-electron chi connectivity index (χ3n) is 6.74. The van der Waals surface area contributed by atoms with Crippen LogP contribution in [0.5, 0.6) is 5.75 Å². The highest BCUT2D eigenvalue weighted by atomic mass is 19.4. The smallest absolute Gasteiger partial charge is 0.481 e. The van der Waals surface area contributed by atoms with Gasteiger partial charge in [-0.25, -0.2) is 5.01 Å². The van der Waals surface area contributed by atoms with E-state index in [1.54, 1.807) is 41.4 Å². The van der Waals surface area contributed by atoms with E-state index in [0.717, 1.165) is 40.7 Å². The number of carboxylic acids is 1. The number of alkyl halides is 3. The molecule has 3 heterocycles. The third kappa shape index (κ3) is 4.54. The lowest BCUT2D eigenvalue weighted by Gasteiger charge is -2.14. The number of anilines is 1. The van der Waals surface area contributed by atoms with E-state index in [4.69, 9.17) is 4.84 Å². The second-order valence-electron chi connectivity index (χ2n) is 9.33. The maximum atomic E-state index is 13.0. The highest BCUT2D eigenvalue weighted by Crippen LogP contribution is 2.41. The molecule has 196 valence electrons. The highest BCUT2D eigenvalue weighted by Gasteiger charge is 2.32. The second-order valence-corrected chi connectivity index (χ2v) is 9.33. The summed E-state index contributed by atoms with van der Waals surface area (Å²) in [5, 5.41) is 15.9. The summed E-state index contributed by atoms with van der Waals surface area (Å²) >= 11 is 0. The quantitative estimate of drug-likeness (QED) is 0.317. The number of hydrazine groups is 1. The van der Waals surface area contributed by atoms with Crippen molar-refractivity contribution in [2.45, 2.75) is 31.5 Å². The SMILES string of the molecule is Cn1cc(-c2cc(OC(F)(F)F)cc(C3=CN(c4ccc5[nH]c6c(c5c4)CCC6CC(=O)O)NO3)c2)cn1. The van der Waals surface area contributed by atoms with Gasteiger partial charge in [-0.15, -0.1) is 13.2 Å². The van der Waals surface area contributed by atoms with Gasteiger partial charge >= 0.3 is 12.3 Å². The van der Waals surface area contributed by atoms with Gasteiger partial charge in [-0.05, 0) is 60.4 Å². The summed E-state index contributed by atoms with van der Waals surface area (Å²) in [6.07, 6.45) is 1.67. The Balaban J connectivity index is 1.33. The summed E-state index contributed by atoms with van der Waals surface area (Å²) in [5.74, 6) is -0.950. The Kier molecular flexibility index (Phi) is 5.56. The zero-order valence-electron chi connectivity index (χ0n) is 20.0. The van der Waals surface area contributed by atoms with Crippen LogP contribution in [-0.4, -0.2) is 32.2 Å². The van der Waals surface area contributed by atoms with Crippen molar-refractivity contribution < 1.29 is 32.6 Å². The van der Waals surface area contributed by atoms with Crippen molar-refractivity contribution in [2.75, 3.05) is 5.01 Å². The van der Waals surface area contributed by atoms with E-state index in [9.17, 15) is 23.1 Å². The fourth-order valence-corrected chi connectivity index (χ4v) is 5.10. The molecule has 9 nitrogen and oxygen atoms in total. The van der Waals surface area contributed by atoms with Crippen LogP contribution in [0.4, 0.5) is 18.9 Å². The number of H-pyrrole nitrogens is 1. The predicted molar refractivity (Wildman–Crippen MR) is 132 cm³/mol. The van der Waals surface area contributed by atoms with Crippen LogP contribution in [0.3, 0.4) is 0 Å². The molecule has 0 spiro atoms. The molecule has 3 N–H and O–H groups in total. The standard InChI is InChI=1S/C26H22F3N5O4/c1-33-12-17(11-30-33)15-6-16(8-19(7-15)37-26(27,28)29)23-13-34(32-38-23)18-3-5-22-21(10-18)20-4-2-14(9-24(35)36)25(20)31-22/h3,5-8,10-14,31-32H,2,4,9H2,1H3,(H,35,36). The molecule has 0 fully saturated rings. The molecule has 38 heavy (non-hydrogen) atoms. The summed E-state index contributed by atoms with van der Waals surface area (Å²) in [5.41, 5.74) is 7.99. The number of hydrogen-bond acceptors (Lipinski definition) is 6. The maximum Gasteiger partial charge on any atom is 0.573 e. The zero-order chi connectivity index (χ0) is 26.6. The molecule has 2 aliphatic rings. The average Bonchev–Trinajstić information content (AvgIpc) is 3.62. The number of hydrogen-bond donors (Lipinski definition) is 3. The Hall–Kier alpha value is -4.45. The minimum atomic E-state index is -4.85. The van der Waals surface area contributed by atoms with Crippen molar-refractivity contribution in [3.63, 3.8) is 0 Å². The van der Waals surface area contributed by atoms with Crippen LogP contribution in [0, 0.1) is 0 Å². The Morgan fingerprint density at radius 1 is 1.21 bits per heavy atom. The Labute approximate surface area is 214 Å². The number of benzene rings is 2. The molecule has 1 atom stereocenters. The first-order valence-corrected chi connectivity index (χ1v) is 11.8. The number of halogens is 3. The number of aromatic amines is 1. The molecule has 12 heteroatoms. The molecule has 0 radical (unpaired) electrons. The van der Waals surface area contributed by atoms with Gasteiger partial charge in [-0.1, -0.05) is 5.59 Å². The topological polar surface area (TPSA) is 105 Å². The first kappa shape index (κ1) is 23.9. The van der Waals surface area contributed by atoms with Crippen molar-refractivity contribution in [3.8, 4) is 16.9 Å². The number of ether oxygens (including phenoxy) is 1. The average molecular weight is 525 g/mol. The summed E-state index contributed by atoms with van der Waals surface area (Å²) < 4.78 is 44.8. The maximum absolute atomic E-state index is 13.0. The van der Waals surface area contributed by atoms with E-state index in [2.05, 4.69) is 20.4 Å². The lowest BCUT2D eigenvalue weighted by atomic mass is 10.0. The summed E-state index contributed by atoms with van der Waals surface area (Å²) in [6.45, 7) is 0. The highest BCUT2D eigenvalue weighted by molar-refractivity contribution is 5.89. The summed E-state index contributed by atoms with van der Waals surface area (Å²) in [7, 11) is 1.72. The van der Waals surface area contributed by atoms with Crippen molar-refractivity contribution in [1.82, 2.24) is 20.4 Å².